The lowest BCUT2D eigenvalue weighted by molar-refractivity contribution is 0.403. The molecular formula is C12H15ClN. The molecule has 75 valence electrons. The molecule has 1 aromatic heterocycles. The van der Waals surface area contributed by atoms with Gasteiger partial charge in [-0.05, 0) is 36.8 Å². The minimum Gasteiger partial charge on any atom is -0.263 e. The lowest BCUT2D eigenvalue weighted by atomic mass is 9.85. The first-order valence-electron chi connectivity index (χ1n) is 5.30. The van der Waals surface area contributed by atoms with Crippen LogP contribution in [0.4, 0.5) is 0 Å². The smallest absolute Gasteiger partial charge is 0.0592 e. The Labute approximate surface area is 90.5 Å². The standard InChI is InChI=1S/C12H15ClN/c13-12-7-11(8-14-9-12)6-10-4-2-1-3-5-10/h6-10H,1-5H2. The van der Waals surface area contributed by atoms with E-state index >= 15 is 0 Å². The van der Waals surface area contributed by atoms with Crippen molar-refractivity contribution in [3.8, 4) is 0 Å². The van der Waals surface area contributed by atoms with E-state index in [9.17, 15) is 0 Å². The van der Waals surface area contributed by atoms with E-state index in [1.807, 2.05) is 12.3 Å². The van der Waals surface area contributed by atoms with E-state index in [1.165, 1.54) is 37.7 Å². The SMILES string of the molecule is Clc1cncc([CH]C2CCCCC2)c1. The second kappa shape index (κ2) is 4.79. The van der Waals surface area contributed by atoms with E-state index < -0.39 is 0 Å². The van der Waals surface area contributed by atoms with Crippen LogP contribution in [0.3, 0.4) is 0 Å². The molecule has 1 aliphatic rings. The average Bonchev–Trinajstić information content (AvgIpc) is 2.19. The molecule has 1 fully saturated rings. The summed E-state index contributed by atoms with van der Waals surface area (Å²) in [7, 11) is 0. The van der Waals surface area contributed by atoms with Crippen molar-refractivity contribution in [2.75, 3.05) is 0 Å². The third-order valence-corrected chi connectivity index (χ3v) is 3.01. The van der Waals surface area contributed by atoms with E-state index in [2.05, 4.69) is 11.4 Å². The van der Waals surface area contributed by atoms with Gasteiger partial charge in [0.15, 0.2) is 0 Å². The summed E-state index contributed by atoms with van der Waals surface area (Å²) in [6, 6.07) is 1.99. The molecule has 1 aliphatic carbocycles. The minimum absolute atomic E-state index is 0.731. The summed E-state index contributed by atoms with van der Waals surface area (Å²) >= 11 is 5.88. The molecule has 14 heavy (non-hydrogen) atoms. The molecular weight excluding hydrogens is 194 g/mol. The van der Waals surface area contributed by atoms with Gasteiger partial charge in [0.1, 0.15) is 0 Å². The highest BCUT2D eigenvalue weighted by Gasteiger charge is 2.14. The van der Waals surface area contributed by atoms with Crippen LogP contribution in [0.15, 0.2) is 18.5 Å². The molecule has 0 aromatic carbocycles. The minimum atomic E-state index is 0.731. The van der Waals surface area contributed by atoms with Gasteiger partial charge in [0.05, 0.1) is 5.02 Å². The second-order valence-electron chi connectivity index (χ2n) is 4.00. The van der Waals surface area contributed by atoms with Gasteiger partial charge in [0.25, 0.3) is 0 Å². The van der Waals surface area contributed by atoms with Crippen LogP contribution in [-0.4, -0.2) is 4.98 Å². The lowest BCUT2D eigenvalue weighted by Gasteiger charge is -2.20. The van der Waals surface area contributed by atoms with Crippen molar-refractivity contribution in [1.29, 1.82) is 0 Å². The van der Waals surface area contributed by atoms with Gasteiger partial charge in [-0.1, -0.05) is 30.9 Å². The fourth-order valence-corrected chi connectivity index (χ4v) is 2.27. The van der Waals surface area contributed by atoms with E-state index in [-0.39, 0.29) is 0 Å². The molecule has 0 amide bonds. The highest BCUT2D eigenvalue weighted by molar-refractivity contribution is 6.30. The third kappa shape index (κ3) is 2.71. The van der Waals surface area contributed by atoms with Gasteiger partial charge in [0.2, 0.25) is 0 Å². The Kier molecular flexibility index (Phi) is 3.41. The monoisotopic (exact) mass is 208 g/mol. The van der Waals surface area contributed by atoms with Crippen LogP contribution in [0.1, 0.15) is 37.7 Å². The molecule has 0 atom stereocenters. The Morgan fingerprint density at radius 3 is 2.71 bits per heavy atom. The van der Waals surface area contributed by atoms with Gasteiger partial charge in [-0.3, -0.25) is 4.98 Å². The number of nitrogens with zero attached hydrogens (tertiary/aromatic N) is 1. The van der Waals surface area contributed by atoms with Gasteiger partial charge in [-0.15, -0.1) is 0 Å². The molecule has 0 N–H and O–H groups in total. The molecule has 0 spiro atoms. The fourth-order valence-electron chi connectivity index (χ4n) is 2.09. The fraction of sp³-hybridized carbons (Fsp3) is 0.500. The van der Waals surface area contributed by atoms with Crippen LogP contribution in [0, 0.1) is 12.3 Å². The Morgan fingerprint density at radius 1 is 1.21 bits per heavy atom. The summed E-state index contributed by atoms with van der Waals surface area (Å²) in [5.74, 6) is 0.740. The van der Waals surface area contributed by atoms with E-state index in [0.29, 0.717) is 0 Å². The first-order chi connectivity index (χ1) is 6.84. The summed E-state index contributed by atoms with van der Waals surface area (Å²) in [5.41, 5.74) is 1.17. The normalized spacial score (nSPS) is 18.4. The van der Waals surface area contributed by atoms with E-state index in [1.54, 1.807) is 6.20 Å². The lowest BCUT2D eigenvalue weighted by Crippen LogP contribution is -2.07. The van der Waals surface area contributed by atoms with Crippen LogP contribution in [0.5, 0.6) is 0 Å². The molecule has 0 bridgehead atoms. The van der Waals surface area contributed by atoms with Crippen LogP contribution in [0.2, 0.25) is 5.02 Å². The quantitative estimate of drug-likeness (QED) is 0.719. The largest absolute Gasteiger partial charge is 0.263 e. The van der Waals surface area contributed by atoms with E-state index in [0.717, 1.165) is 10.9 Å². The predicted octanol–water partition coefficient (Wildman–Crippen LogP) is 3.87. The Balaban J connectivity index is 1.95. The molecule has 0 saturated heterocycles. The van der Waals surface area contributed by atoms with Crippen LogP contribution in [-0.2, 0) is 0 Å². The number of pyridine rings is 1. The number of halogens is 1. The molecule has 1 saturated carbocycles. The Hall–Kier alpha value is -0.560. The molecule has 1 heterocycles. The zero-order valence-electron chi connectivity index (χ0n) is 8.25. The number of hydrogen-bond donors (Lipinski definition) is 0. The van der Waals surface area contributed by atoms with Crippen molar-refractivity contribution in [3.63, 3.8) is 0 Å². The topological polar surface area (TPSA) is 12.9 Å². The first-order valence-corrected chi connectivity index (χ1v) is 5.68. The molecule has 1 radical (unpaired) electrons. The van der Waals surface area contributed by atoms with Gasteiger partial charge in [0, 0.05) is 12.4 Å². The highest BCUT2D eigenvalue weighted by Crippen LogP contribution is 2.28. The molecule has 2 rings (SSSR count). The van der Waals surface area contributed by atoms with Crippen LogP contribution >= 0.6 is 11.6 Å². The summed E-state index contributed by atoms with van der Waals surface area (Å²) in [4.78, 5) is 4.09. The molecule has 1 aromatic rings. The molecule has 2 heteroatoms. The van der Waals surface area contributed by atoms with Gasteiger partial charge in [-0.25, -0.2) is 0 Å². The van der Waals surface area contributed by atoms with Crippen molar-refractivity contribution < 1.29 is 0 Å². The number of aromatic nitrogens is 1. The number of hydrogen-bond acceptors (Lipinski definition) is 1. The highest BCUT2D eigenvalue weighted by atomic mass is 35.5. The van der Waals surface area contributed by atoms with Crippen LogP contribution < -0.4 is 0 Å². The predicted molar refractivity (Wildman–Crippen MR) is 59.2 cm³/mol. The maximum atomic E-state index is 5.88. The van der Waals surface area contributed by atoms with Crippen LogP contribution in [0.25, 0.3) is 0 Å². The van der Waals surface area contributed by atoms with Crippen molar-refractivity contribution in [2.45, 2.75) is 32.1 Å². The average molecular weight is 209 g/mol. The van der Waals surface area contributed by atoms with Gasteiger partial charge in [-0.2, -0.15) is 0 Å². The molecule has 0 aliphatic heterocycles. The van der Waals surface area contributed by atoms with Crippen molar-refractivity contribution in [3.05, 3.63) is 35.5 Å². The summed E-state index contributed by atoms with van der Waals surface area (Å²) in [6.07, 6.45) is 12.7. The second-order valence-corrected chi connectivity index (χ2v) is 4.44. The Bertz CT molecular complexity index is 292. The zero-order valence-corrected chi connectivity index (χ0v) is 9.00. The van der Waals surface area contributed by atoms with Crippen molar-refractivity contribution >= 4 is 11.6 Å². The maximum absolute atomic E-state index is 5.88. The number of rotatable bonds is 2. The summed E-state index contributed by atoms with van der Waals surface area (Å²) < 4.78 is 0. The van der Waals surface area contributed by atoms with Gasteiger partial charge < -0.3 is 0 Å². The van der Waals surface area contributed by atoms with Crippen molar-refractivity contribution in [1.82, 2.24) is 4.98 Å². The zero-order chi connectivity index (χ0) is 9.80. The van der Waals surface area contributed by atoms with Crippen molar-refractivity contribution in [2.24, 2.45) is 5.92 Å². The molecule has 0 unspecified atom stereocenters. The van der Waals surface area contributed by atoms with E-state index in [4.69, 9.17) is 11.6 Å². The Morgan fingerprint density at radius 2 is 2.00 bits per heavy atom. The summed E-state index contributed by atoms with van der Waals surface area (Å²) in [5, 5.41) is 0.731. The van der Waals surface area contributed by atoms with Gasteiger partial charge >= 0.3 is 0 Å². The maximum Gasteiger partial charge on any atom is 0.0592 e. The third-order valence-electron chi connectivity index (χ3n) is 2.80. The molecule has 1 nitrogen and oxygen atoms in total. The first kappa shape index (κ1) is 9.97. The summed E-state index contributed by atoms with van der Waals surface area (Å²) in [6.45, 7) is 0.